The van der Waals surface area contributed by atoms with Crippen LogP contribution in [0.4, 0.5) is 17.6 Å². The summed E-state index contributed by atoms with van der Waals surface area (Å²) in [7, 11) is 0. The second kappa shape index (κ2) is 3.49. The van der Waals surface area contributed by atoms with Crippen molar-refractivity contribution in [2.75, 3.05) is 13.1 Å². The van der Waals surface area contributed by atoms with Gasteiger partial charge in [0.1, 0.15) is 6.17 Å². The van der Waals surface area contributed by atoms with Crippen LogP contribution in [0.2, 0.25) is 0 Å². The van der Waals surface area contributed by atoms with E-state index in [9.17, 15) is 22.4 Å². The molecule has 0 aliphatic carbocycles. The zero-order chi connectivity index (χ0) is 10.1. The highest BCUT2D eigenvalue weighted by molar-refractivity contribution is 5.75. The molecule has 1 atom stereocenters. The molecule has 0 spiro atoms. The predicted molar refractivity (Wildman–Crippen MR) is 33.2 cm³/mol. The van der Waals surface area contributed by atoms with Crippen molar-refractivity contribution in [2.24, 2.45) is 0 Å². The van der Waals surface area contributed by atoms with E-state index < -0.39 is 18.3 Å². The zero-order valence-electron chi connectivity index (χ0n) is 6.47. The zero-order valence-corrected chi connectivity index (χ0v) is 6.47. The van der Waals surface area contributed by atoms with Crippen molar-refractivity contribution in [2.45, 2.75) is 18.8 Å². The van der Waals surface area contributed by atoms with Crippen LogP contribution in [0.3, 0.4) is 0 Å². The normalized spacial score (nSPS) is 24.8. The lowest BCUT2D eigenvalue weighted by atomic mass is 10.4. The highest BCUT2D eigenvalue weighted by Gasteiger charge is 2.43. The number of carbonyl (C=O) groups excluding carboxylic acids is 1. The molecule has 7 heteroatoms. The van der Waals surface area contributed by atoms with E-state index in [1.807, 2.05) is 0 Å². The third kappa shape index (κ3) is 2.83. The van der Waals surface area contributed by atoms with Crippen LogP contribution in [0.15, 0.2) is 0 Å². The molecule has 1 rings (SSSR count). The minimum atomic E-state index is -5.02. The highest BCUT2D eigenvalue weighted by atomic mass is 19.4. The highest BCUT2D eigenvalue weighted by Crippen LogP contribution is 2.19. The van der Waals surface area contributed by atoms with Crippen LogP contribution in [0.5, 0.6) is 0 Å². The standard InChI is InChI=1S/C6H7F4NO2/c7-4-1-2-11(3-4)13-5(12)6(8,9)10/h4H,1-3H2. The molecule has 0 saturated carbocycles. The molecule has 3 nitrogen and oxygen atoms in total. The van der Waals surface area contributed by atoms with Crippen molar-refractivity contribution >= 4 is 5.97 Å². The van der Waals surface area contributed by atoms with Crippen LogP contribution in [0, 0.1) is 0 Å². The molecule has 1 heterocycles. The number of rotatable bonds is 1. The van der Waals surface area contributed by atoms with Gasteiger partial charge >= 0.3 is 12.1 Å². The van der Waals surface area contributed by atoms with Gasteiger partial charge in [-0.2, -0.15) is 13.2 Å². The Morgan fingerprint density at radius 1 is 1.46 bits per heavy atom. The summed E-state index contributed by atoms with van der Waals surface area (Å²) in [5, 5.41) is 0.681. The van der Waals surface area contributed by atoms with Gasteiger partial charge in [-0.15, -0.1) is 5.06 Å². The van der Waals surface area contributed by atoms with Crippen LogP contribution in [0.25, 0.3) is 0 Å². The number of carbonyl (C=O) groups is 1. The van der Waals surface area contributed by atoms with Gasteiger partial charge in [0, 0.05) is 6.54 Å². The number of hydroxylamine groups is 2. The summed E-state index contributed by atoms with van der Waals surface area (Å²) in [6.45, 7) is -0.287. The SMILES string of the molecule is O=C(ON1CCC(F)C1)C(F)(F)F. The number of alkyl halides is 4. The molecule has 13 heavy (non-hydrogen) atoms. The molecular formula is C6H7F4NO2. The van der Waals surface area contributed by atoms with Crippen molar-refractivity contribution in [3.05, 3.63) is 0 Å². The first-order valence-corrected chi connectivity index (χ1v) is 3.57. The summed E-state index contributed by atoms with van der Waals surface area (Å²) in [6.07, 6.45) is -6.15. The number of nitrogens with zero attached hydrogens (tertiary/aromatic N) is 1. The van der Waals surface area contributed by atoms with E-state index in [4.69, 9.17) is 0 Å². The molecular weight excluding hydrogens is 194 g/mol. The third-order valence-electron chi connectivity index (χ3n) is 1.54. The van der Waals surface area contributed by atoms with Crippen molar-refractivity contribution in [1.82, 2.24) is 5.06 Å². The number of hydrogen-bond acceptors (Lipinski definition) is 3. The molecule has 76 valence electrons. The Hall–Kier alpha value is -0.850. The molecule has 1 saturated heterocycles. The Morgan fingerprint density at radius 2 is 2.08 bits per heavy atom. The molecule has 1 fully saturated rings. The molecule has 1 unspecified atom stereocenters. The maximum atomic E-state index is 12.4. The van der Waals surface area contributed by atoms with E-state index in [0.29, 0.717) is 5.06 Å². The van der Waals surface area contributed by atoms with E-state index in [-0.39, 0.29) is 19.5 Å². The topological polar surface area (TPSA) is 29.5 Å². The molecule has 1 aliphatic rings. The fraction of sp³-hybridized carbons (Fsp3) is 0.833. The Morgan fingerprint density at radius 3 is 2.46 bits per heavy atom. The summed E-state index contributed by atoms with van der Waals surface area (Å²) in [5.41, 5.74) is 0. The van der Waals surface area contributed by atoms with Gasteiger partial charge in [-0.25, -0.2) is 9.18 Å². The van der Waals surface area contributed by atoms with E-state index in [0.717, 1.165) is 0 Å². The van der Waals surface area contributed by atoms with Crippen LogP contribution in [0.1, 0.15) is 6.42 Å². The van der Waals surface area contributed by atoms with Gasteiger partial charge in [0.2, 0.25) is 0 Å². The lowest BCUT2D eigenvalue weighted by Gasteiger charge is -2.14. The van der Waals surface area contributed by atoms with Gasteiger partial charge in [-0.3, -0.25) is 0 Å². The second-order valence-corrected chi connectivity index (χ2v) is 2.65. The first kappa shape index (κ1) is 10.2. The first-order valence-electron chi connectivity index (χ1n) is 3.57. The van der Waals surface area contributed by atoms with E-state index in [1.165, 1.54) is 0 Å². The van der Waals surface area contributed by atoms with Crippen molar-refractivity contribution in [3.8, 4) is 0 Å². The van der Waals surface area contributed by atoms with Crippen LogP contribution < -0.4 is 0 Å². The van der Waals surface area contributed by atoms with Crippen LogP contribution in [-0.4, -0.2) is 36.5 Å². The maximum Gasteiger partial charge on any atom is 0.492 e. The van der Waals surface area contributed by atoms with Gasteiger partial charge < -0.3 is 4.84 Å². The summed E-state index contributed by atoms with van der Waals surface area (Å²) < 4.78 is 47.2. The van der Waals surface area contributed by atoms with Crippen molar-refractivity contribution in [1.29, 1.82) is 0 Å². The Kier molecular flexibility index (Phi) is 2.74. The number of hydrogen-bond donors (Lipinski definition) is 0. The smallest absolute Gasteiger partial charge is 0.361 e. The Bertz CT molecular complexity index is 205. The monoisotopic (exact) mass is 201 g/mol. The summed E-state index contributed by atoms with van der Waals surface area (Å²) >= 11 is 0. The fourth-order valence-corrected chi connectivity index (χ4v) is 0.940. The Balaban J connectivity index is 2.37. The van der Waals surface area contributed by atoms with Crippen LogP contribution in [-0.2, 0) is 9.63 Å². The largest absolute Gasteiger partial charge is 0.492 e. The quantitative estimate of drug-likeness (QED) is 0.594. The molecule has 0 bridgehead atoms. The van der Waals surface area contributed by atoms with E-state index in [1.54, 1.807) is 0 Å². The molecule has 0 N–H and O–H groups in total. The minimum Gasteiger partial charge on any atom is -0.361 e. The summed E-state index contributed by atoms with van der Waals surface area (Å²) in [4.78, 5) is 14.1. The van der Waals surface area contributed by atoms with E-state index >= 15 is 0 Å². The summed E-state index contributed by atoms with van der Waals surface area (Å²) in [6, 6.07) is 0. The average molecular weight is 201 g/mol. The second-order valence-electron chi connectivity index (χ2n) is 2.65. The van der Waals surface area contributed by atoms with Gasteiger partial charge in [-0.1, -0.05) is 0 Å². The molecule has 0 aromatic carbocycles. The maximum absolute atomic E-state index is 12.4. The van der Waals surface area contributed by atoms with Gasteiger partial charge in [0.25, 0.3) is 0 Å². The average Bonchev–Trinajstić information content (AvgIpc) is 2.33. The van der Waals surface area contributed by atoms with E-state index in [2.05, 4.69) is 4.84 Å². The molecule has 0 amide bonds. The molecule has 1 aliphatic heterocycles. The van der Waals surface area contributed by atoms with Crippen LogP contribution >= 0.6 is 0 Å². The minimum absolute atomic E-state index is 0.00296. The first-order chi connectivity index (χ1) is 5.89. The molecule has 0 aromatic rings. The molecule has 0 radical (unpaired) electrons. The third-order valence-corrected chi connectivity index (χ3v) is 1.54. The van der Waals surface area contributed by atoms with Gasteiger partial charge in [-0.05, 0) is 6.42 Å². The predicted octanol–water partition coefficient (Wildman–Crippen LogP) is 1.05. The lowest BCUT2D eigenvalue weighted by molar-refractivity contribution is -0.235. The van der Waals surface area contributed by atoms with Crippen molar-refractivity contribution in [3.63, 3.8) is 0 Å². The number of halogens is 4. The van der Waals surface area contributed by atoms with Gasteiger partial charge in [0.15, 0.2) is 0 Å². The van der Waals surface area contributed by atoms with Crippen molar-refractivity contribution < 1.29 is 27.2 Å². The van der Waals surface area contributed by atoms with Gasteiger partial charge in [0.05, 0.1) is 6.54 Å². The lowest BCUT2D eigenvalue weighted by Crippen LogP contribution is -2.33. The summed E-state index contributed by atoms with van der Waals surface area (Å²) in [5.74, 6) is -2.30. The Labute approximate surface area is 71.2 Å². The fourth-order valence-electron chi connectivity index (χ4n) is 0.940. The molecule has 0 aromatic heterocycles.